The summed E-state index contributed by atoms with van der Waals surface area (Å²) in [5.41, 5.74) is 6.14. The number of hydrogen-bond donors (Lipinski definition) is 1. The number of hydrogen-bond acceptors (Lipinski definition) is 2. The maximum absolute atomic E-state index is 10.4. The molecule has 0 bridgehead atoms. The van der Waals surface area contributed by atoms with Gasteiger partial charge in [0, 0.05) is 6.54 Å². The number of aliphatic hydroxyl groups is 1. The van der Waals surface area contributed by atoms with E-state index in [4.69, 9.17) is 0 Å². The molecule has 1 rings (SSSR count). The van der Waals surface area contributed by atoms with Gasteiger partial charge in [0.1, 0.15) is 0 Å². The molecule has 0 spiro atoms. The van der Waals surface area contributed by atoms with Gasteiger partial charge in [-0.3, -0.25) is 0 Å². The standard InChI is InChI=1S/C15H25NO/c1-10-9-11(2)13(4)15(12(10)3)14(17)7-8-16(5)6/h9,14,17H,7-8H2,1-6H3. The molecule has 0 aromatic heterocycles. The summed E-state index contributed by atoms with van der Waals surface area (Å²) in [6.45, 7) is 9.35. The summed E-state index contributed by atoms with van der Waals surface area (Å²) >= 11 is 0. The lowest BCUT2D eigenvalue weighted by Crippen LogP contribution is -2.17. The third-order valence-corrected chi connectivity index (χ3v) is 3.61. The average molecular weight is 235 g/mol. The Morgan fingerprint density at radius 3 is 1.94 bits per heavy atom. The van der Waals surface area contributed by atoms with E-state index in [1.165, 1.54) is 22.3 Å². The van der Waals surface area contributed by atoms with Crippen LogP contribution in [0.3, 0.4) is 0 Å². The van der Waals surface area contributed by atoms with Gasteiger partial charge < -0.3 is 10.0 Å². The molecule has 96 valence electrons. The quantitative estimate of drug-likeness (QED) is 0.867. The van der Waals surface area contributed by atoms with Crippen LogP contribution in [0.5, 0.6) is 0 Å². The van der Waals surface area contributed by atoms with Gasteiger partial charge in [0.2, 0.25) is 0 Å². The van der Waals surface area contributed by atoms with Crippen molar-refractivity contribution in [1.82, 2.24) is 4.90 Å². The molecule has 0 aliphatic rings. The molecule has 0 fully saturated rings. The summed E-state index contributed by atoms with van der Waals surface area (Å²) in [5, 5.41) is 10.4. The zero-order chi connectivity index (χ0) is 13.2. The van der Waals surface area contributed by atoms with Crippen molar-refractivity contribution < 1.29 is 5.11 Å². The van der Waals surface area contributed by atoms with E-state index in [-0.39, 0.29) is 6.10 Å². The van der Waals surface area contributed by atoms with Gasteiger partial charge in [-0.05, 0) is 76.0 Å². The SMILES string of the molecule is Cc1cc(C)c(C)c(C(O)CCN(C)C)c1C. The Balaban J connectivity index is 3.03. The second-order valence-corrected chi connectivity index (χ2v) is 5.28. The van der Waals surface area contributed by atoms with Gasteiger partial charge in [0.25, 0.3) is 0 Å². The van der Waals surface area contributed by atoms with Crippen molar-refractivity contribution in [3.8, 4) is 0 Å². The van der Waals surface area contributed by atoms with Gasteiger partial charge in [0.05, 0.1) is 6.10 Å². The monoisotopic (exact) mass is 235 g/mol. The summed E-state index contributed by atoms with van der Waals surface area (Å²) in [6.07, 6.45) is 0.438. The summed E-state index contributed by atoms with van der Waals surface area (Å²) in [7, 11) is 4.07. The average Bonchev–Trinajstić information content (AvgIpc) is 2.24. The third-order valence-electron chi connectivity index (χ3n) is 3.61. The van der Waals surface area contributed by atoms with Gasteiger partial charge in [-0.2, -0.15) is 0 Å². The molecule has 0 radical (unpaired) electrons. The van der Waals surface area contributed by atoms with E-state index < -0.39 is 0 Å². The lowest BCUT2D eigenvalue weighted by molar-refractivity contribution is 0.153. The molecule has 0 heterocycles. The Labute approximate surface area is 105 Å². The molecule has 0 amide bonds. The summed E-state index contributed by atoms with van der Waals surface area (Å²) in [6, 6.07) is 2.20. The molecule has 1 aromatic carbocycles. The van der Waals surface area contributed by atoms with Crippen molar-refractivity contribution >= 4 is 0 Å². The molecule has 1 aromatic rings. The molecule has 2 heteroatoms. The van der Waals surface area contributed by atoms with Crippen LogP contribution in [-0.2, 0) is 0 Å². The van der Waals surface area contributed by atoms with Crippen LogP contribution in [0.4, 0.5) is 0 Å². The summed E-state index contributed by atoms with van der Waals surface area (Å²) < 4.78 is 0. The van der Waals surface area contributed by atoms with Crippen LogP contribution in [-0.4, -0.2) is 30.6 Å². The van der Waals surface area contributed by atoms with Crippen molar-refractivity contribution in [2.24, 2.45) is 0 Å². The fourth-order valence-electron chi connectivity index (χ4n) is 2.27. The van der Waals surface area contributed by atoms with E-state index in [0.29, 0.717) is 0 Å². The fraction of sp³-hybridized carbons (Fsp3) is 0.600. The molecule has 0 saturated carbocycles. The Morgan fingerprint density at radius 2 is 1.53 bits per heavy atom. The van der Waals surface area contributed by atoms with Crippen LogP contribution in [0.1, 0.15) is 40.3 Å². The molecule has 0 saturated heterocycles. The van der Waals surface area contributed by atoms with Gasteiger partial charge in [0.15, 0.2) is 0 Å². The lowest BCUT2D eigenvalue weighted by Gasteiger charge is -2.21. The van der Waals surface area contributed by atoms with Crippen LogP contribution < -0.4 is 0 Å². The maximum atomic E-state index is 10.4. The first kappa shape index (κ1) is 14.2. The normalized spacial score (nSPS) is 13.2. The first-order chi connectivity index (χ1) is 7.84. The minimum atomic E-state index is -0.351. The highest BCUT2D eigenvalue weighted by atomic mass is 16.3. The highest BCUT2D eigenvalue weighted by Crippen LogP contribution is 2.29. The Kier molecular flexibility index (Phi) is 4.72. The highest BCUT2D eigenvalue weighted by Gasteiger charge is 2.16. The molecule has 1 N–H and O–H groups in total. The topological polar surface area (TPSA) is 23.5 Å². The van der Waals surface area contributed by atoms with Crippen LogP contribution in [0.2, 0.25) is 0 Å². The van der Waals surface area contributed by atoms with Crippen molar-refractivity contribution in [2.45, 2.75) is 40.2 Å². The Hall–Kier alpha value is -0.860. The number of nitrogens with zero attached hydrogens (tertiary/aromatic N) is 1. The third kappa shape index (κ3) is 3.30. The Bertz CT molecular complexity index is 370. The summed E-state index contributed by atoms with van der Waals surface area (Å²) in [4.78, 5) is 2.11. The molecule has 1 unspecified atom stereocenters. The molecule has 17 heavy (non-hydrogen) atoms. The maximum Gasteiger partial charge on any atom is 0.0807 e. The number of rotatable bonds is 4. The van der Waals surface area contributed by atoms with E-state index in [1.54, 1.807) is 0 Å². The molecule has 0 aliphatic carbocycles. The predicted molar refractivity (Wildman–Crippen MR) is 73.5 cm³/mol. The Morgan fingerprint density at radius 1 is 1.06 bits per heavy atom. The molecule has 0 aliphatic heterocycles. The minimum absolute atomic E-state index is 0.351. The van der Waals surface area contributed by atoms with Crippen molar-refractivity contribution in [3.05, 3.63) is 33.9 Å². The first-order valence-electron chi connectivity index (χ1n) is 6.24. The molecule has 1 atom stereocenters. The second-order valence-electron chi connectivity index (χ2n) is 5.28. The van der Waals surface area contributed by atoms with E-state index >= 15 is 0 Å². The lowest BCUT2D eigenvalue weighted by atomic mass is 9.90. The summed E-state index contributed by atoms with van der Waals surface area (Å²) in [5.74, 6) is 0. The van der Waals surface area contributed by atoms with Gasteiger partial charge in [-0.25, -0.2) is 0 Å². The minimum Gasteiger partial charge on any atom is -0.388 e. The van der Waals surface area contributed by atoms with Gasteiger partial charge in [-0.15, -0.1) is 0 Å². The number of benzene rings is 1. The second kappa shape index (κ2) is 5.65. The fourth-order valence-corrected chi connectivity index (χ4v) is 2.27. The zero-order valence-corrected chi connectivity index (χ0v) is 12.0. The van der Waals surface area contributed by atoms with Crippen molar-refractivity contribution in [1.29, 1.82) is 0 Å². The predicted octanol–water partition coefficient (Wildman–Crippen LogP) is 2.91. The smallest absolute Gasteiger partial charge is 0.0807 e. The van der Waals surface area contributed by atoms with Crippen molar-refractivity contribution in [2.75, 3.05) is 20.6 Å². The van der Waals surface area contributed by atoms with Gasteiger partial charge in [-0.1, -0.05) is 6.07 Å². The number of aliphatic hydroxyl groups excluding tert-OH is 1. The van der Waals surface area contributed by atoms with Crippen LogP contribution >= 0.6 is 0 Å². The van der Waals surface area contributed by atoms with Crippen LogP contribution in [0.15, 0.2) is 6.07 Å². The molecular formula is C15H25NO. The van der Waals surface area contributed by atoms with Crippen molar-refractivity contribution in [3.63, 3.8) is 0 Å². The van der Waals surface area contributed by atoms with E-state index in [0.717, 1.165) is 18.5 Å². The zero-order valence-electron chi connectivity index (χ0n) is 12.0. The van der Waals surface area contributed by atoms with E-state index in [9.17, 15) is 5.11 Å². The van der Waals surface area contributed by atoms with Crippen LogP contribution in [0.25, 0.3) is 0 Å². The first-order valence-corrected chi connectivity index (χ1v) is 6.24. The molecular weight excluding hydrogens is 210 g/mol. The van der Waals surface area contributed by atoms with Gasteiger partial charge >= 0.3 is 0 Å². The number of aryl methyl sites for hydroxylation is 2. The highest BCUT2D eigenvalue weighted by molar-refractivity contribution is 5.45. The van der Waals surface area contributed by atoms with Crippen LogP contribution in [0, 0.1) is 27.7 Å². The van der Waals surface area contributed by atoms with E-state index in [2.05, 4.69) is 38.7 Å². The van der Waals surface area contributed by atoms with E-state index in [1.807, 2.05) is 14.1 Å². The molecule has 2 nitrogen and oxygen atoms in total. The largest absolute Gasteiger partial charge is 0.388 e.